The Morgan fingerprint density at radius 2 is 1.47 bits per heavy atom. The molecule has 1 heterocycles. The van der Waals surface area contributed by atoms with Crippen molar-refractivity contribution in [3.63, 3.8) is 0 Å². The number of hydrogen-bond donors (Lipinski definition) is 0. The lowest BCUT2D eigenvalue weighted by molar-refractivity contribution is -0.136. The molecule has 32 heavy (non-hydrogen) atoms. The number of benzene rings is 2. The third kappa shape index (κ3) is 4.03. The predicted octanol–water partition coefficient (Wildman–Crippen LogP) is 4.33. The van der Waals surface area contributed by atoms with E-state index >= 15 is 0 Å². The average molecular weight is 425 g/mol. The van der Waals surface area contributed by atoms with Crippen LogP contribution in [0.1, 0.15) is 56.0 Å². The topological polar surface area (TPSA) is 90.4 Å². The Balaban J connectivity index is 1.89. The molecule has 1 aromatic heterocycles. The molecule has 0 N–H and O–H groups in total. The number of hydrogen-bond acceptors (Lipinski definition) is 6. The molecule has 6 heteroatoms. The molecule has 0 unspecified atom stereocenters. The van der Waals surface area contributed by atoms with Crippen LogP contribution in [0.2, 0.25) is 0 Å². The van der Waals surface area contributed by atoms with Crippen LogP contribution in [0.15, 0.2) is 90.3 Å². The van der Waals surface area contributed by atoms with E-state index in [9.17, 15) is 19.2 Å². The van der Waals surface area contributed by atoms with Gasteiger partial charge in [-0.05, 0) is 17.7 Å². The van der Waals surface area contributed by atoms with E-state index in [1.54, 1.807) is 60.7 Å². The van der Waals surface area contributed by atoms with Gasteiger partial charge >= 0.3 is 5.97 Å². The molecule has 1 atom stereocenters. The fourth-order valence-electron chi connectivity index (χ4n) is 3.82. The second-order valence-corrected chi connectivity index (χ2v) is 7.35. The van der Waals surface area contributed by atoms with Crippen molar-refractivity contribution >= 4 is 23.3 Å². The van der Waals surface area contributed by atoms with E-state index in [2.05, 4.69) is 4.98 Å². The monoisotopic (exact) mass is 425 g/mol. The van der Waals surface area contributed by atoms with E-state index in [1.807, 2.05) is 6.07 Å². The Hall–Kier alpha value is -4.19. The minimum atomic E-state index is -0.801. The maximum atomic E-state index is 13.6. The van der Waals surface area contributed by atoms with Crippen LogP contribution in [0.4, 0.5) is 0 Å². The number of nitrogens with zero attached hydrogens (tertiary/aromatic N) is 1. The van der Waals surface area contributed by atoms with Crippen molar-refractivity contribution in [1.29, 1.82) is 0 Å². The van der Waals surface area contributed by atoms with Crippen LogP contribution in [0.3, 0.4) is 0 Å². The number of allylic oxidation sites excluding steroid dienone is 2. The summed E-state index contributed by atoms with van der Waals surface area (Å²) < 4.78 is 5.28. The molecule has 3 aromatic rings. The van der Waals surface area contributed by atoms with Gasteiger partial charge in [-0.25, -0.2) is 0 Å². The molecule has 0 saturated heterocycles. The number of ether oxygens (including phenoxy) is 1. The molecule has 6 nitrogen and oxygen atoms in total. The number of fused-ring (bicyclic) bond motifs is 1. The molecule has 0 bridgehead atoms. The molecular formula is C26H19NO5. The van der Waals surface area contributed by atoms with Crippen LogP contribution < -0.4 is 0 Å². The van der Waals surface area contributed by atoms with Crippen LogP contribution >= 0.6 is 0 Å². The van der Waals surface area contributed by atoms with Gasteiger partial charge in [-0.15, -0.1) is 0 Å². The minimum absolute atomic E-state index is 0.000573. The largest absolute Gasteiger partial charge is 0.422 e. The third-order valence-electron chi connectivity index (χ3n) is 5.25. The summed E-state index contributed by atoms with van der Waals surface area (Å²) in [7, 11) is 0. The number of carbonyl (C=O) groups excluding carboxylic acids is 4. The van der Waals surface area contributed by atoms with Crippen LogP contribution in [0, 0.1) is 0 Å². The SMILES string of the molecule is CC(=O)OC1=C([C@H](CC(=O)c2ccccn2)c2ccccc2)C(=O)c2ccccc2C1=O. The fourth-order valence-corrected chi connectivity index (χ4v) is 3.82. The summed E-state index contributed by atoms with van der Waals surface area (Å²) in [5.41, 5.74) is 1.28. The molecule has 0 radical (unpaired) electrons. The fraction of sp³-hybridized carbons (Fsp3) is 0.115. The van der Waals surface area contributed by atoms with Gasteiger partial charge in [-0.2, -0.15) is 0 Å². The Morgan fingerprint density at radius 1 is 0.844 bits per heavy atom. The van der Waals surface area contributed by atoms with E-state index in [0.29, 0.717) is 5.56 Å². The van der Waals surface area contributed by atoms with Crippen LogP contribution in [0.5, 0.6) is 0 Å². The highest BCUT2D eigenvalue weighted by atomic mass is 16.5. The van der Waals surface area contributed by atoms with Crippen molar-refractivity contribution in [2.45, 2.75) is 19.3 Å². The van der Waals surface area contributed by atoms with E-state index in [1.165, 1.54) is 19.2 Å². The Labute approximate surface area is 184 Å². The van der Waals surface area contributed by atoms with E-state index in [0.717, 1.165) is 0 Å². The third-order valence-corrected chi connectivity index (χ3v) is 5.25. The minimum Gasteiger partial charge on any atom is -0.422 e. The number of Topliss-reactive ketones (excluding diaryl/α,β-unsaturated/α-hetero) is 3. The standard InChI is InChI=1S/C26H19NO5/c1-16(28)32-26-23(24(30)18-11-5-6-12-19(18)25(26)31)20(17-9-3-2-4-10-17)15-22(29)21-13-7-8-14-27-21/h2-14,20H,15H2,1H3/t20-/m1/s1. The van der Waals surface area contributed by atoms with Crippen molar-refractivity contribution in [3.05, 3.63) is 113 Å². The first-order valence-electron chi connectivity index (χ1n) is 10.1. The molecule has 4 rings (SSSR count). The molecule has 0 amide bonds. The van der Waals surface area contributed by atoms with Crippen LogP contribution in [-0.2, 0) is 9.53 Å². The van der Waals surface area contributed by atoms with Gasteiger partial charge in [0.25, 0.3) is 0 Å². The summed E-state index contributed by atoms with van der Waals surface area (Å²) >= 11 is 0. The molecule has 0 aliphatic heterocycles. The summed E-state index contributed by atoms with van der Waals surface area (Å²) in [6.07, 6.45) is 1.39. The zero-order valence-electron chi connectivity index (χ0n) is 17.3. The molecule has 1 aliphatic carbocycles. The lowest BCUT2D eigenvalue weighted by Crippen LogP contribution is -2.28. The summed E-state index contributed by atoms with van der Waals surface area (Å²) in [6.45, 7) is 1.17. The number of rotatable bonds is 6. The zero-order valence-corrected chi connectivity index (χ0v) is 17.3. The van der Waals surface area contributed by atoms with Crippen molar-refractivity contribution in [3.8, 4) is 0 Å². The average Bonchev–Trinajstić information content (AvgIpc) is 2.82. The number of esters is 1. The maximum Gasteiger partial charge on any atom is 0.308 e. The molecular weight excluding hydrogens is 406 g/mol. The number of carbonyl (C=O) groups is 4. The van der Waals surface area contributed by atoms with Gasteiger partial charge in [-0.1, -0.05) is 60.7 Å². The van der Waals surface area contributed by atoms with Gasteiger partial charge in [0.2, 0.25) is 5.78 Å². The Morgan fingerprint density at radius 3 is 2.09 bits per heavy atom. The Kier molecular flexibility index (Phi) is 5.85. The summed E-state index contributed by atoms with van der Waals surface area (Å²) in [5, 5.41) is 0. The molecule has 2 aromatic carbocycles. The van der Waals surface area contributed by atoms with Gasteiger partial charge in [0.1, 0.15) is 5.69 Å². The highest BCUT2D eigenvalue weighted by Gasteiger charge is 2.39. The zero-order chi connectivity index (χ0) is 22.7. The number of aromatic nitrogens is 1. The smallest absolute Gasteiger partial charge is 0.308 e. The van der Waals surface area contributed by atoms with Crippen molar-refractivity contribution in [2.24, 2.45) is 0 Å². The van der Waals surface area contributed by atoms with Crippen molar-refractivity contribution < 1.29 is 23.9 Å². The second-order valence-electron chi connectivity index (χ2n) is 7.35. The van der Waals surface area contributed by atoms with Crippen LogP contribution in [0.25, 0.3) is 0 Å². The molecule has 0 spiro atoms. The first kappa shape index (κ1) is 21.1. The normalized spacial score (nSPS) is 14.0. The maximum absolute atomic E-state index is 13.6. The van der Waals surface area contributed by atoms with Crippen molar-refractivity contribution in [1.82, 2.24) is 4.98 Å². The predicted molar refractivity (Wildman–Crippen MR) is 116 cm³/mol. The summed E-state index contributed by atoms with van der Waals surface area (Å²) in [4.78, 5) is 55.8. The number of ketones is 3. The highest BCUT2D eigenvalue weighted by molar-refractivity contribution is 6.27. The van der Waals surface area contributed by atoms with E-state index in [-0.39, 0.29) is 40.4 Å². The molecule has 1 aliphatic rings. The molecule has 158 valence electrons. The highest BCUT2D eigenvalue weighted by Crippen LogP contribution is 2.38. The summed E-state index contributed by atoms with van der Waals surface area (Å²) in [6, 6.07) is 20.3. The van der Waals surface area contributed by atoms with Gasteiger partial charge in [0.15, 0.2) is 17.3 Å². The first-order valence-corrected chi connectivity index (χ1v) is 10.1. The van der Waals surface area contributed by atoms with Gasteiger partial charge in [0, 0.05) is 36.6 Å². The van der Waals surface area contributed by atoms with Gasteiger partial charge in [0.05, 0.1) is 5.57 Å². The quantitative estimate of drug-likeness (QED) is 0.431. The first-order chi connectivity index (χ1) is 15.5. The van der Waals surface area contributed by atoms with E-state index < -0.39 is 23.5 Å². The van der Waals surface area contributed by atoms with Crippen LogP contribution in [-0.4, -0.2) is 28.3 Å². The van der Waals surface area contributed by atoms with Gasteiger partial charge in [-0.3, -0.25) is 24.2 Å². The second kappa shape index (κ2) is 8.89. The number of pyridine rings is 1. The molecule has 0 fully saturated rings. The molecule has 0 saturated carbocycles. The van der Waals surface area contributed by atoms with E-state index in [4.69, 9.17) is 4.74 Å². The van der Waals surface area contributed by atoms with Gasteiger partial charge < -0.3 is 4.74 Å². The summed E-state index contributed by atoms with van der Waals surface area (Å²) in [5.74, 6) is -3.15. The Bertz CT molecular complexity index is 1250. The lowest BCUT2D eigenvalue weighted by Gasteiger charge is -2.26. The van der Waals surface area contributed by atoms with Crippen molar-refractivity contribution in [2.75, 3.05) is 0 Å². The lowest BCUT2D eigenvalue weighted by atomic mass is 9.77.